The number of aliphatic hydroxyl groups is 1. The minimum Gasteiger partial charge on any atom is -0.507 e. The lowest BCUT2D eigenvalue weighted by Gasteiger charge is -2.25. The highest BCUT2D eigenvalue weighted by Gasteiger charge is 2.41. The standard InChI is InChI=1S/C15H14O7/c1-6(17)3-7-8(5-16)14(20)11-9(18)4-10(22-2)15(21)12(11)13(7)19/h3-4,8,16,18,21H,5H2,1-2H3/b7-3+. The van der Waals surface area contributed by atoms with Crippen LogP contribution in [0.4, 0.5) is 0 Å². The van der Waals surface area contributed by atoms with Crippen LogP contribution in [0.15, 0.2) is 17.7 Å². The van der Waals surface area contributed by atoms with Gasteiger partial charge in [-0.15, -0.1) is 0 Å². The second-order valence-corrected chi connectivity index (χ2v) is 4.84. The number of carbonyl (C=O) groups excluding carboxylic acids is 3. The van der Waals surface area contributed by atoms with Crippen LogP contribution in [0.25, 0.3) is 0 Å². The average molecular weight is 306 g/mol. The normalized spacial score (nSPS) is 19.2. The van der Waals surface area contributed by atoms with E-state index in [-0.39, 0.29) is 16.9 Å². The van der Waals surface area contributed by atoms with Crippen molar-refractivity contribution in [3.63, 3.8) is 0 Å². The third-order valence-electron chi connectivity index (χ3n) is 3.43. The lowest BCUT2D eigenvalue weighted by atomic mass is 9.77. The van der Waals surface area contributed by atoms with Gasteiger partial charge in [0.1, 0.15) is 5.75 Å². The second-order valence-electron chi connectivity index (χ2n) is 4.84. The van der Waals surface area contributed by atoms with Crippen molar-refractivity contribution in [3.05, 3.63) is 28.8 Å². The van der Waals surface area contributed by atoms with Crippen LogP contribution in [0.1, 0.15) is 27.6 Å². The highest BCUT2D eigenvalue weighted by molar-refractivity contribution is 6.27. The van der Waals surface area contributed by atoms with Crippen molar-refractivity contribution in [2.45, 2.75) is 6.92 Å². The molecule has 1 aromatic rings. The van der Waals surface area contributed by atoms with Gasteiger partial charge in [0.25, 0.3) is 0 Å². The minimum absolute atomic E-state index is 0.179. The number of ketones is 3. The van der Waals surface area contributed by atoms with Gasteiger partial charge in [0.05, 0.1) is 30.8 Å². The summed E-state index contributed by atoms with van der Waals surface area (Å²) in [6.45, 7) is 0.493. The quantitative estimate of drug-likeness (QED) is 0.552. The van der Waals surface area contributed by atoms with Crippen molar-refractivity contribution < 1.29 is 34.4 Å². The monoisotopic (exact) mass is 306 g/mol. The molecular weight excluding hydrogens is 292 g/mol. The Balaban J connectivity index is 2.82. The molecule has 1 aromatic carbocycles. The molecule has 0 saturated carbocycles. The largest absolute Gasteiger partial charge is 0.507 e. The van der Waals surface area contributed by atoms with Crippen molar-refractivity contribution in [2.75, 3.05) is 13.7 Å². The van der Waals surface area contributed by atoms with Crippen LogP contribution in [-0.4, -0.2) is 46.4 Å². The number of aromatic hydroxyl groups is 2. The van der Waals surface area contributed by atoms with Gasteiger partial charge in [-0.3, -0.25) is 14.4 Å². The van der Waals surface area contributed by atoms with E-state index >= 15 is 0 Å². The van der Waals surface area contributed by atoms with Crippen LogP contribution < -0.4 is 4.74 Å². The van der Waals surface area contributed by atoms with Crippen LogP contribution >= 0.6 is 0 Å². The zero-order valence-corrected chi connectivity index (χ0v) is 11.9. The molecule has 0 spiro atoms. The maximum absolute atomic E-state index is 12.5. The SMILES string of the molecule is COc1cc(O)c2c(c1O)C(=O)/C(=C/C(C)=O)C(CO)C2=O. The lowest BCUT2D eigenvalue weighted by Crippen LogP contribution is -2.32. The number of ether oxygens (including phenoxy) is 1. The number of aliphatic hydroxyl groups excluding tert-OH is 1. The topological polar surface area (TPSA) is 121 Å². The van der Waals surface area contributed by atoms with E-state index < -0.39 is 46.9 Å². The van der Waals surface area contributed by atoms with Crippen molar-refractivity contribution in [3.8, 4) is 17.2 Å². The molecule has 0 aliphatic heterocycles. The third kappa shape index (κ3) is 2.25. The van der Waals surface area contributed by atoms with Gasteiger partial charge < -0.3 is 20.1 Å². The summed E-state index contributed by atoms with van der Waals surface area (Å²) in [4.78, 5) is 36.1. The molecule has 1 atom stereocenters. The second kappa shape index (κ2) is 5.61. The number of methoxy groups -OCH3 is 1. The minimum atomic E-state index is -1.26. The van der Waals surface area contributed by atoms with Gasteiger partial charge in [0, 0.05) is 11.6 Å². The lowest BCUT2D eigenvalue weighted by molar-refractivity contribution is -0.112. The molecule has 1 aliphatic rings. The Morgan fingerprint density at radius 3 is 2.45 bits per heavy atom. The van der Waals surface area contributed by atoms with Crippen molar-refractivity contribution >= 4 is 17.3 Å². The van der Waals surface area contributed by atoms with Gasteiger partial charge in [-0.25, -0.2) is 0 Å². The number of benzene rings is 1. The van der Waals surface area contributed by atoms with E-state index in [1.165, 1.54) is 14.0 Å². The summed E-state index contributed by atoms with van der Waals surface area (Å²) in [6, 6.07) is 1.01. The maximum atomic E-state index is 12.5. The molecule has 116 valence electrons. The summed E-state index contributed by atoms with van der Waals surface area (Å²) in [6.07, 6.45) is 0.944. The highest BCUT2D eigenvalue weighted by atomic mass is 16.5. The number of hydrogen-bond acceptors (Lipinski definition) is 7. The molecule has 22 heavy (non-hydrogen) atoms. The van der Waals surface area contributed by atoms with Crippen LogP contribution in [0, 0.1) is 5.92 Å². The van der Waals surface area contributed by atoms with E-state index in [9.17, 15) is 29.7 Å². The van der Waals surface area contributed by atoms with Crippen LogP contribution in [-0.2, 0) is 4.79 Å². The fourth-order valence-electron chi connectivity index (χ4n) is 2.44. The Morgan fingerprint density at radius 2 is 1.95 bits per heavy atom. The predicted molar refractivity (Wildman–Crippen MR) is 74.3 cm³/mol. The number of Topliss-reactive ketones (excluding diaryl/α,β-unsaturated/α-hetero) is 2. The third-order valence-corrected chi connectivity index (χ3v) is 3.43. The first-order valence-corrected chi connectivity index (χ1v) is 6.38. The van der Waals surface area contributed by atoms with Crippen molar-refractivity contribution in [1.29, 1.82) is 0 Å². The highest BCUT2D eigenvalue weighted by Crippen LogP contribution is 2.44. The zero-order valence-electron chi connectivity index (χ0n) is 11.9. The molecule has 0 saturated heterocycles. The Morgan fingerprint density at radius 1 is 1.32 bits per heavy atom. The van der Waals surface area contributed by atoms with E-state index in [4.69, 9.17) is 4.74 Å². The molecule has 0 radical (unpaired) electrons. The summed E-state index contributed by atoms with van der Waals surface area (Å²) >= 11 is 0. The van der Waals surface area contributed by atoms with E-state index in [0.29, 0.717) is 0 Å². The first-order valence-electron chi connectivity index (χ1n) is 6.38. The van der Waals surface area contributed by atoms with Gasteiger partial charge in [-0.2, -0.15) is 0 Å². The van der Waals surface area contributed by atoms with E-state index in [2.05, 4.69) is 0 Å². The first kappa shape index (κ1) is 15.7. The van der Waals surface area contributed by atoms with E-state index in [1.54, 1.807) is 0 Å². The maximum Gasteiger partial charge on any atom is 0.194 e. The molecule has 7 nitrogen and oxygen atoms in total. The molecule has 0 bridgehead atoms. The van der Waals surface area contributed by atoms with Gasteiger partial charge in [-0.05, 0) is 13.0 Å². The summed E-state index contributed by atoms with van der Waals surface area (Å²) in [5.41, 5.74) is -1.04. The molecule has 0 amide bonds. The number of phenols is 2. The fraction of sp³-hybridized carbons (Fsp3) is 0.267. The van der Waals surface area contributed by atoms with Gasteiger partial charge in [-0.1, -0.05) is 0 Å². The predicted octanol–water partition coefficient (Wildman–Crippen LogP) is 0.609. The van der Waals surface area contributed by atoms with Gasteiger partial charge >= 0.3 is 0 Å². The Kier molecular flexibility index (Phi) is 4.01. The van der Waals surface area contributed by atoms with Crippen LogP contribution in [0.5, 0.6) is 17.2 Å². The van der Waals surface area contributed by atoms with Crippen molar-refractivity contribution in [1.82, 2.24) is 0 Å². The van der Waals surface area contributed by atoms with Crippen LogP contribution in [0.2, 0.25) is 0 Å². The average Bonchev–Trinajstić information content (AvgIpc) is 2.46. The Hall–Kier alpha value is -2.67. The Labute approximate surface area is 125 Å². The number of rotatable bonds is 3. The van der Waals surface area contributed by atoms with Crippen molar-refractivity contribution in [2.24, 2.45) is 5.92 Å². The zero-order chi connectivity index (χ0) is 16.6. The molecule has 3 N–H and O–H groups in total. The van der Waals surface area contributed by atoms with Gasteiger partial charge in [0.15, 0.2) is 28.8 Å². The van der Waals surface area contributed by atoms with Crippen LogP contribution in [0.3, 0.4) is 0 Å². The molecule has 2 rings (SSSR count). The van der Waals surface area contributed by atoms with E-state index in [1.807, 2.05) is 0 Å². The number of allylic oxidation sites excluding steroid dienone is 1. The summed E-state index contributed by atoms with van der Waals surface area (Å²) < 4.78 is 4.84. The molecule has 1 unspecified atom stereocenters. The molecule has 0 fully saturated rings. The number of phenolic OH excluding ortho intramolecular Hbond substituents is 2. The Bertz CT molecular complexity index is 715. The molecule has 0 aromatic heterocycles. The smallest absolute Gasteiger partial charge is 0.194 e. The number of fused-ring (bicyclic) bond motifs is 1. The summed E-state index contributed by atoms with van der Waals surface area (Å²) in [5.74, 6) is -4.62. The number of carbonyl (C=O) groups is 3. The first-order chi connectivity index (χ1) is 10.3. The fourth-order valence-corrected chi connectivity index (χ4v) is 2.44. The molecular formula is C15H14O7. The molecule has 0 heterocycles. The summed E-state index contributed by atoms with van der Waals surface area (Å²) in [7, 11) is 1.22. The molecule has 1 aliphatic carbocycles. The molecule has 7 heteroatoms. The summed E-state index contributed by atoms with van der Waals surface area (Å²) in [5, 5.41) is 29.4. The number of hydrogen-bond donors (Lipinski definition) is 3. The van der Waals surface area contributed by atoms with Gasteiger partial charge in [0.2, 0.25) is 0 Å². The van der Waals surface area contributed by atoms with E-state index in [0.717, 1.165) is 12.1 Å².